The van der Waals surface area contributed by atoms with Crippen LogP contribution >= 0.6 is 7.82 Å². The van der Waals surface area contributed by atoms with Gasteiger partial charge in [0.15, 0.2) is 0 Å². The molecule has 0 spiro atoms. The highest BCUT2D eigenvalue weighted by Gasteiger charge is 2.23. The number of phosphoric ester groups is 1. The molecule has 0 aromatic rings. The molecule has 0 aliphatic rings. The van der Waals surface area contributed by atoms with Crippen molar-refractivity contribution >= 4 is 19.7 Å². The first-order valence-electron chi connectivity index (χ1n) is 24.8. The number of ether oxygens (including phenoxy) is 1. The molecule has 10 heteroatoms. The van der Waals surface area contributed by atoms with Crippen LogP contribution in [0.15, 0.2) is 24.3 Å². The molecule has 348 valence electrons. The number of unbranched alkanes of at least 4 members (excludes halogenated alkanes) is 30. The summed E-state index contributed by atoms with van der Waals surface area (Å²) in [6, 6.07) is 0. The molecule has 9 nitrogen and oxygen atoms in total. The van der Waals surface area contributed by atoms with Gasteiger partial charge in [-0.2, -0.15) is 0 Å². The van der Waals surface area contributed by atoms with Crippen molar-refractivity contribution in [1.82, 2.24) is 5.32 Å². The summed E-state index contributed by atoms with van der Waals surface area (Å²) in [4.78, 5) is 34.0. The van der Waals surface area contributed by atoms with E-state index in [9.17, 15) is 24.2 Å². The minimum absolute atomic E-state index is 0.0853. The van der Waals surface area contributed by atoms with Gasteiger partial charge in [0.25, 0.3) is 0 Å². The summed E-state index contributed by atoms with van der Waals surface area (Å²) in [5.74, 6) is -0.510. The van der Waals surface area contributed by atoms with Crippen molar-refractivity contribution in [3.8, 4) is 0 Å². The molecular weight excluding hydrogens is 762 g/mol. The Hall–Kier alpha value is -1.51. The van der Waals surface area contributed by atoms with Crippen LogP contribution in [0.5, 0.6) is 0 Å². The predicted octanol–water partition coefficient (Wildman–Crippen LogP) is 14.3. The van der Waals surface area contributed by atoms with Crippen LogP contribution in [0.4, 0.5) is 0 Å². The second-order valence-corrected chi connectivity index (χ2v) is 18.2. The lowest BCUT2D eigenvalue weighted by Crippen LogP contribution is -2.27. The van der Waals surface area contributed by atoms with Crippen LogP contribution in [0, 0.1) is 0 Å². The van der Waals surface area contributed by atoms with Gasteiger partial charge >= 0.3 is 13.8 Å². The molecule has 3 N–H and O–H groups in total. The maximum atomic E-state index is 12.1. The number of hydrogen-bond acceptors (Lipinski definition) is 7. The number of esters is 1. The third-order valence-corrected chi connectivity index (χ3v) is 11.9. The standard InChI is InChI=1S/C49H94NO8P/c1-3-5-7-9-11-13-15-17-19-21-23-25-27-29-31-33-35-37-39-41-48(52)50-43-44-57-59(54,55)58-46-47(51)45-56-49(53)42-40-38-36-34-32-30-28-26-24-22-20-18-16-14-12-10-8-6-4-2/h12,14,18,20,47,51H,3-11,13,15-17,19,21-46H2,1-2H3,(H,50,52)(H,54,55)/b14-12-,20-18-. The molecule has 0 aliphatic carbocycles. The van der Waals surface area contributed by atoms with Crippen molar-refractivity contribution in [3.05, 3.63) is 24.3 Å². The Morgan fingerprint density at radius 2 is 0.915 bits per heavy atom. The van der Waals surface area contributed by atoms with E-state index in [1.54, 1.807) is 0 Å². The average molecular weight is 856 g/mol. The van der Waals surface area contributed by atoms with Gasteiger partial charge in [0.2, 0.25) is 5.91 Å². The largest absolute Gasteiger partial charge is 0.472 e. The monoisotopic (exact) mass is 856 g/mol. The van der Waals surface area contributed by atoms with Gasteiger partial charge in [0.05, 0.1) is 13.2 Å². The number of hydrogen-bond donors (Lipinski definition) is 3. The Balaban J connectivity index is 3.54. The molecule has 0 saturated heterocycles. The Kier molecular flexibility index (Phi) is 44.8. The molecule has 0 radical (unpaired) electrons. The first-order chi connectivity index (χ1) is 28.8. The Morgan fingerprint density at radius 3 is 1.39 bits per heavy atom. The maximum Gasteiger partial charge on any atom is 0.472 e. The number of aliphatic hydroxyl groups is 1. The minimum atomic E-state index is -4.42. The molecule has 0 rings (SSSR count). The van der Waals surface area contributed by atoms with E-state index < -0.39 is 26.5 Å². The molecule has 59 heavy (non-hydrogen) atoms. The van der Waals surface area contributed by atoms with Crippen molar-refractivity contribution in [1.29, 1.82) is 0 Å². The maximum absolute atomic E-state index is 12.1. The van der Waals surface area contributed by atoms with E-state index in [0.717, 1.165) is 44.9 Å². The average Bonchev–Trinajstić information content (AvgIpc) is 3.22. The van der Waals surface area contributed by atoms with Crippen LogP contribution in [0.2, 0.25) is 0 Å². The van der Waals surface area contributed by atoms with E-state index in [0.29, 0.717) is 6.42 Å². The smallest absolute Gasteiger partial charge is 0.463 e. The second-order valence-electron chi connectivity index (χ2n) is 16.8. The van der Waals surface area contributed by atoms with Crippen LogP contribution < -0.4 is 5.32 Å². The first-order valence-corrected chi connectivity index (χ1v) is 26.3. The first kappa shape index (κ1) is 57.5. The van der Waals surface area contributed by atoms with E-state index in [1.807, 2.05) is 0 Å². The van der Waals surface area contributed by atoms with Crippen LogP contribution in [0.25, 0.3) is 0 Å². The Labute approximate surface area is 363 Å². The van der Waals surface area contributed by atoms with Gasteiger partial charge in [-0.1, -0.05) is 212 Å². The van der Waals surface area contributed by atoms with Crippen LogP contribution in [0.1, 0.15) is 245 Å². The third-order valence-electron chi connectivity index (χ3n) is 10.9. The zero-order chi connectivity index (χ0) is 43.2. The molecule has 0 aliphatic heterocycles. The highest BCUT2D eigenvalue weighted by atomic mass is 31.2. The van der Waals surface area contributed by atoms with Crippen LogP contribution in [-0.2, 0) is 27.9 Å². The summed E-state index contributed by atoms with van der Waals surface area (Å²) in [5.41, 5.74) is 0. The summed E-state index contributed by atoms with van der Waals surface area (Å²) >= 11 is 0. The Morgan fingerprint density at radius 1 is 0.525 bits per heavy atom. The van der Waals surface area contributed by atoms with Crippen molar-refractivity contribution in [2.75, 3.05) is 26.4 Å². The topological polar surface area (TPSA) is 131 Å². The predicted molar refractivity (Wildman–Crippen MR) is 248 cm³/mol. The third kappa shape index (κ3) is 47.4. The molecule has 0 aromatic heterocycles. The van der Waals surface area contributed by atoms with E-state index in [2.05, 4.69) is 43.5 Å². The summed E-state index contributed by atoms with van der Waals surface area (Å²) in [5, 5.41) is 12.7. The fourth-order valence-electron chi connectivity index (χ4n) is 7.12. The molecular formula is C49H94NO8P. The Bertz CT molecular complexity index is 1020. The lowest BCUT2D eigenvalue weighted by atomic mass is 10.0. The lowest BCUT2D eigenvalue weighted by molar-refractivity contribution is -0.147. The molecule has 2 unspecified atom stereocenters. The van der Waals surface area contributed by atoms with Crippen LogP contribution in [0.3, 0.4) is 0 Å². The molecule has 0 fully saturated rings. The van der Waals surface area contributed by atoms with Gasteiger partial charge in [-0.25, -0.2) is 4.57 Å². The molecule has 0 aromatic carbocycles. The number of amides is 1. The molecule has 0 heterocycles. The van der Waals surface area contributed by atoms with Crippen molar-refractivity contribution in [2.24, 2.45) is 0 Å². The van der Waals surface area contributed by atoms with Crippen molar-refractivity contribution < 1.29 is 37.9 Å². The number of nitrogens with one attached hydrogen (secondary N) is 1. The highest BCUT2D eigenvalue weighted by Crippen LogP contribution is 2.42. The van der Waals surface area contributed by atoms with E-state index in [-0.39, 0.29) is 32.1 Å². The fourth-order valence-corrected chi connectivity index (χ4v) is 7.88. The molecule has 0 bridgehead atoms. The van der Waals surface area contributed by atoms with Crippen molar-refractivity contribution in [2.45, 2.75) is 251 Å². The second kappa shape index (κ2) is 46.0. The number of carbonyl (C=O) groups excluding carboxylic acids is 2. The number of phosphoric acid groups is 1. The summed E-state index contributed by atoms with van der Waals surface area (Å²) in [6.07, 6.45) is 51.1. The summed E-state index contributed by atoms with van der Waals surface area (Å²) in [6.45, 7) is 3.57. The van der Waals surface area contributed by atoms with E-state index in [1.165, 1.54) is 173 Å². The van der Waals surface area contributed by atoms with E-state index in [4.69, 9.17) is 13.8 Å². The quantitative estimate of drug-likeness (QED) is 0.0239. The zero-order valence-corrected chi connectivity index (χ0v) is 39.4. The highest BCUT2D eigenvalue weighted by molar-refractivity contribution is 7.47. The van der Waals surface area contributed by atoms with Gasteiger partial charge in [-0.15, -0.1) is 0 Å². The van der Waals surface area contributed by atoms with Gasteiger partial charge in [0, 0.05) is 19.4 Å². The fraction of sp³-hybridized carbons (Fsp3) is 0.878. The number of aliphatic hydroxyl groups excluding tert-OH is 1. The summed E-state index contributed by atoms with van der Waals surface area (Å²) in [7, 11) is -4.42. The summed E-state index contributed by atoms with van der Waals surface area (Å²) < 4.78 is 27.0. The number of rotatable bonds is 47. The SMILES string of the molecule is CCCCC/C=C\C/C=C\CCCCCCCCCCCC(=O)OCC(O)COP(=O)(O)OCCNC(=O)CCCCCCCCCCCCCCCCCCCCC. The number of allylic oxidation sites excluding steroid dienone is 4. The van der Waals surface area contributed by atoms with Gasteiger partial charge in [0.1, 0.15) is 12.7 Å². The molecule has 1 amide bonds. The van der Waals surface area contributed by atoms with Crippen molar-refractivity contribution in [3.63, 3.8) is 0 Å². The molecule has 0 saturated carbocycles. The van der Waals surface area contributed by atoms with Crippen LogP contribution in [-0.4, -0.2) is 54.3 Å². The molecule has 2 atom stereocenters. The lowest BCUT2D eigenvalue weighted by Gasteiger charge is -2.15. The zero-order valence-electron chi connectivity index (χ0n) is 38.5. The minimum Gasteiger partial charge on any atom is -0.463 e. The van der Waals surface area contributed by atoms with Gasteiger partial charge in [-0.3, -0.25) is 18.6 Å². The normalized spacial score (nSPS) is 13.4. The van der Waals surface area contributed by atoms with Gasteiger partial charge in [-0.05, 0) is 44.9 Å². The van der Waals surface area contributed by atoms with E-state index >= 15 is 0 Å². The number of carbonyl (C=O) groups is 2. The van der Waals surface area contributed by atoms with Gasteiger partial charge < -0.3 is 20.1 Å².